The zero-order valence-corrected chi connectivity index (χ0v) is 12.6. The molecule has 6 nitrogen and oxygen atoms in total. The normalized spacial score (nSPS) is 11.4. The zero-order valence-electron chi connectivity index (χ0n) is 12.6. The molecule has 2 heterocycles. The van der Waals surface area contributed by atoms with Gasteiger partial charge in [0.2, 0.25) is 0 Å². The maximum absolute atomic E-state index is 4.39. The van der Waals surface area contributed by atoms with Crippen molar-refractivity contribution in [3.05, 3.63) is 30.1 Å². The molecule has 6 heteroatoms. The maximum atomic E-state index is 4.39. The lowest BCUT2D eigenvalue weighted by atomic mass is 10.2. The number of nitrogens with one attached hydrogen (secondary N) is 1. The summed E-state index contributed by atoms with van der Waals surface area (Å²) in [6.45, 7) is 9.95. The summed E-state index contributed by atoms with van der Waals surface area (Å²) in [5.74, 6) is 1.51. The van der Waals surface area contributed by atoms with Crippen LogP contribution in [0.1, 0.15) is 38.7 Å². The van der Waals surface area contributed by atoms with Crippen molar-refractivity contribution >= 4 is 0 Å². The summed E-state index contributed by atoms with van der Waals surface area (Å²) in [5, 5.41) is 12.1. The molecule has 2 aromatic rings. The Kier molecular flexibility index (Phi) is 5.29. The third-order valence-electron chi connectivity index (χ3n) is 3.06. The second-order valence-electron chi connectivity index (χ2n) is 5.41. The van der Waals surface area contributed by atoms with Gasteiger partial charge in [-0.2, -0.15) is 10.2 Å². The van der Waals surface area contributed by atoms with Crippen LogP contribution in [0.3, 0.4) is 0 Å². The molecule has 0 aliphatic heterocycles. The van der Waals surface area contributed by atoms with Crippen LogP contribution in [0.15, 0.2) is 18.6 Å². The Morgan fingerprint density at radius 1 is 1.25 bits per heavy atom. The third-order valence-corrected chi connectivity index (χ3v) is 3.06. The van der Waals surface area contributed by atoms with E-state index in [9.17, 15) is 0 Å². The van der Waals surface area contributed by atoms with Crippen LogP contribution in [0.5, 0.6) is 0 Å². The van der Waals surface area contributed by atoms with Crippen LogP contribution in [-0.4, -0.2) is 31.1 Å². The first-order valence-electron chi connectivity index (χ1n) is 7.28. The molecule has 0 saturated carbocycles. The van der Waals surface area contributed by atoms with Crippen molar-refractivity contribution in [1.82, 2.24) is 29.9 Å². The topological polar surface area (TPSA) is 60.6 Å². The largest absolute Gasteiger partial charge is 0.311 e. The molecule has 0 bridgehead atoms. The Labute approximate surface area is 120 Å². The average Bonchev–Trinajstić information content (AvgIpc) is 3.01. The SMILES string of the molecule is CCCNCc1ccnn1Cc1ncnn1CC(C)C. The van der Waals surface area contributed by atoms with Crippen LogP contribution in [0.25, 0.3) is 0 Å². The second-order valence-corrected chi connectivity index (χ2v) is 5.41. The lowest BCUT2D eigenvalue weighted by Gasteiger charge is -2.11. The fraction of sp³-hybridized carbons (Fsp3) is 0.643. The molecule has 0 radical (unpaired) electrons. The summed E-state index contributed by atoms with van der Waals surface area (Å²) in [5.41, 5.74) is 1.18. The molecular weight excluding hydrogens is 252 g/mol. The molecule has 0 unspecified atom stereocenters. The monoisotopic (exact) mass is 276 g/mol. The van der Waals surface area contributed by atoms with Crippen LogP contribution < -0.4 is 5.32 Å². The van der Waals surface area contributed by atoms with E-state index in [0.29, 0.717) is 12.5 Å². The molecule has 0 fully saturated rings. The van der Waals surface area contributed by atoms with Crippen molar-refractivity contribution < 1.29 is 0 Å². The minimum Gasteiger partial charge on any atom is -0.311 e. The summed E-state index contributed by atoms with van der Waals surface area (Å²) >= 11 is 0. The van der Waals surface area contributed by atoms with Gasteiger partial charge in [0.25, 0.3) is 0 Å². The van der Waals surface area contributed by atoms with E-state index in [4.69, 9.17) is 0 Å². The molecular formula is C14H24N6. The highest BCUT2D eigenvalue weighted by atomic mass is 15.4. The fourth-order valence-corrected chi connectivity index (χ4v) is 2.09. The van der Waals surface area contributed by atoms with Gasteiger partial charge in [0.15, 0.2) is 0 Å². The average molecular weight is 276 g/mol. The van der Waals surface area contributed by atoms with Crippen molar-refractivity contribution in [2.24, 2.45) is 5.92 Å². The van der Waals surface area contributed by atoms with Gasteiger partial charge in [0.1, 0.15) is 18.7 Å². The minimum atomic E-state index is 0.554. The highest BCUT2D eigenvalue weighted by Crippen LogP contribution is 2.06. The van der Waals surface area contributed by atoms with E-state index in [1.165, 1.54) is 5.69 Å². The molecule has 110 valence electrons. The minimum absolute atomic E-state index is 0.554. The summed E-state index contributed by atoms with van der Waals surface area (Å²) in [6.07, 6.45) is 4.60. The summed E-state index contributed by atoms with van der Waals surface area (Å²) in [7, 11) is 0. The van der Waals surface area contributed by atoms with Crippen molar-refractivity contribution in [2.45, 2.75) is 46.8 Å². The van der Waals surface area contributed by atoms with Crippen LogP contribution in [0.4, 0.5) is 0 Å². The molecule has 0 amide bonds. The van der Waals surface area contributed by atoms with Crippen molar-refractivity contribution in [3.63, 3.8) is 0 Å². The van der Waals surface area contributed by atoms with E-state index in [0.717, 1.165) is 31.9 Å². The van der Waals surface area contributed by atoms with Crippen LogP contribution in [0, 0.1) is 5.92 Å². The molecule has 1 N–H and O–H groups in total. The smallest absolute Gasteiger partial charge is 0.148 e. The Bertz CT molecular complexity index is 513. The van der Waals surface area contributed by atoms with Gasteiger partial charge in [0, 0.05) is 19.3 Å². The molecule has 0 atom stereocenters. The highest BCUT2D eigenvalue weighted by Gasteiger charge is 2.09. The Hall–Kier alpha value is -1.69. The van der Waals surface area contributed by atoms with E-state index >= 15 is 0 Å². The van der Waals surface area contributed by atoms with E-state index in [1.54, 1.807) is 6.33 Å². The Morgan fingerprint density at radius 2 is 2.10 bits per heavy atom. The first-order chi connectivity index (χ1) is 9.70. The van der Waals surface area contributed by atoms with Gasteiger partial charge < -0.3 is 5.32 Å². The second kappa shape index (κ2) is 7.19. The van der Waals surface area contributed by atoms with Gasteiger partial charge >= 0.3 is 0 Å². The van der Waals surface area contributed by atoms with Crippen molar-refractivity contribution in [3.8, 4) is 0 Å². The Balaban J connectivity index is 2.03. The van der Waals surface area contributed by atoms with Crippen LogP contribution >= 0.6 is 0 Å². The van der Waals surface area contributed by atoms with Crippen LogP contribution in [0.2, 0.25) is 0 Å². The number of nitrogens with zero attached hydrogens (tertiary/aromatic N) is 5. The summed E-state index contributed by atoms with van der Waals surface area (Å²) < 4.78 is 3.96. The summed E-state index contributed by atoms with van der Waals surface area (Å²) in [4.78, 5) is 4.35. The Morgan fingerprint density at radius 3 is 2.85 bits per heavy atom. The predicted octanol–water partition coefficient (Wildman–Crippen LogP) is 1.68. The number of hydrogen-bond donors (Lipinski definition) is 1. The molecule has 2 aromatic heterocycles. The number of hydrogen-bond acceptors (Lipinski definition) is 4. The van der Waals surface area contributed by atoms with Gasteiger partial charge in [-0.15, -0.1) is 0 Å². The molecule has 0 aromatic carbocycles. The van der Waals surface area contributed by atoms with Crippen molar-refractivity contribution in [2.75, 3.05) is 6.54 Å². The summed E-state index contributed by atoms with van der Waals surface area (Å²) in [6, 6.07) is 2.05. The van der Waals surface area contributed by atoms with Gasteiger partial charge in [-0.1, -0.05) is 20.8 Å². The molecule has 2 rings (SSSR count). The fourth-order valence-electron chi connectivity index (χ4n) is 2.09. The highest BCUT2D eigenvalue weighted by molar-refractivity contribution is 5.02. The molecule has 20 heavy (non-hydrogen) atoms. The van der Waals surface area contributed by atoms with Gasteiger partial charge in [-0.05, 0) is 24.9 Å². The van der Waals surface area contributed by atoms with E-state index in [-0.39, 0.29) is 0 Å². The third kappa shape index (κ3) is 3.90. The lowest BCUT2D eigenvalue weighted by molar-refractivity contribution is 0.453. The number of aromatic nitrogens is 5. The first kappa shape index (κ1) is 14.7. The molecule has 0 aliphatic carbocycles. The molecule has 0 aliphatic rings. The number of rotatable bonds is 8. The maximum Gasteiger partial charge on any atom is 0.148 e. The lowest BCUT2D eigenvalue weighted by Crippen LogP contribution is -2.19. The quantitative estimate of drug-likeness (QED) is 0.745. The van der Waals surface area contributed by atoms with E-state index in [1.807, 2.05) is 21.6 Å². The van der Waals surface area contributed by atoms with E-state index < -0.39 is 0 Å². The van der Waals surface area contributed by atoms with E-state index in [2.05, 4.69) is 41.3 Å². The van der Waals surface area contributed by atoms with Crippen molar-refractivity contribution in [1.29, 1.82) is 0 Å². The first-order valence-corrected chi connectivity index (χ1v) is 7.28. The zero-order chi connectivity index (χ0) is 14.4. The van der Waals surface area contributed by atoms with Gasteiger partial charge in [-0.25, -0.2) is 9.67 Å². The van der Waals surface area contributed by atoms with Crippen LogP contribution in [-0.2, 0) is 19.6 Å². The standard InChI is InChI=1S/C14H24N6/c1-4-6-15-8-13-5-7-17-19(13)10-14-16-11-18-20(14)9-12(2)3/h5,7,11-12,15H,4,6,8-10H2,1-3H3. The van der Waals surface area contributed by atoms with Gasteiger partial charge in [0.05, 0.1) is 5.69 Å². The van der Waals surface area contributed by atoms with Gasteiger partial charge in [-0.3, -0.25) is 4.68 Å². The predicted molar refractivity (Wildman–Crippen MR) is 78.2 cm³/mol. The molecule has 0 spiro atoms. The molecule has 0 saturated heterocycles.